The molecule has 3 heterocycles. The summed E-state index contributed by atoms with van der Waals surface area (Å²) in [5.74, 6) is 1.14. The molecular formula is C21H18N3+. The lowest BCUT2D eigenvalue weighted by atomic mass is 9.98. The second-order valence-electron chi connectivity index (χ2n) is 6.49. The second-order valence-corrected chi connectivity index (χ2v) is 6.49. The van der Waals surface area contributed by atoms with Crippen LogP contribution < -0.4 is 4.57 Å². The molecule has 0 radical (unpaired) electrons. The molecule has 0 atom stereocenters. The number of benzene rings is 2. The molecule has 0 spiro atoms. The second kappa shape index (κ2) is 4.78. The van der Waals surface area contributed by atoms with E-state index < -0.39 is 0 Å². The number of imidazole rings is 1. The number of aromatic nitrogens is 3. The summed E-state index contributed by atoms with van der Waals surface area (Å²) in [4.78, 5) is 4.85. The van der Waals surface area contributed by atoms with Crippen molar-refractivity contribution < 1.29 is 4.57 Å². The van der Waals surface area contributed by atoms with Crippen LogP contribution in [0.4, 0.5) is 0 Å². The highest BCUT2D eigenvalue weighted by atomic mass is 15.1. The molecule has 1 aliphatic rings. The Balaban J connectivity index is 1.91. The van der Waals surface area contributed by atoms with Crippen LogP contribution >= 0.6 is 0 Å². The fourth-order valence-electron chi connectivity index (χ4n) is 3.85. The maximum absolute atomic E-state index is 4.85. The predicted octanol–water partition coefficient (Wildman–Crippen LogP) is 3.73. The third-order valence-corrected chi connectivity index (χ3v) is 4.98. The summed E-state index contributed by atoms with van der Waals surface area (Å²) in [6.45, 7) is 2.19. The lowest BCUT2D eigenvalue weighted by Crippen LogP contribution is -2.30. The zero-order chi connectivity index (χ0) is 16.3. The highest BCUT2D eigenvalue weighted by Crippen LogP contribution is 2.39. The first kappa shape index (κ1) is 13.5. The molecular weight excluding hydrogens is 294 g/mol. The fourth-order valence-corrected chi connectivity index (χ4v) is 3.85. The van der Waals surface area contributed by atoms with E-state index in [2.05, 4.69) is 83.9 Å². The number of aryl methyl sites for hydroxylation is 2. The van der Waals surface area contributed by atoms with Gasteiger partial charge in [0.2, 0.25) is 5.69 Å². The van der Waals surface area contributed by atoms with Crippen LogP contribution in [0.15, 0.2) is 60.8 Å². The Bertz CT molecular complexity index is 1110. The Hall–Kier alpha value is -2.94. The smallest absolute Gasteiger partial charge is 0.214 e. The number of pyridine rings is 1. The molecule has 0 aliphatic carbocycles. The van der Waals surface area contributed by atoms with Crippen molar-refractivity contribution in [2.24, 2.45) is 7.05 Å². The van der Waals surface area contributed by atoms with E-state index in [4.69, 9.17) is 4.98 Å². The average molecular weight is 312 g/mol. The van der Waals surface area contributed by atoms with Crippen molar-refractivity contribution >= 4 is 11.0 Å². The summed E-state index contributed by atoms with van der Waals surface area (Å²) in [5.41, 5.74) is 8.74. The maximum atomic E-state index is 4.85. The monoisotopic (exact) mass is 312 g/mol. The first-order valence-electron chi connectivity index (χ1n) is 8.28. The minimum atomic E-state index is 0.897. The molecule has 5 rings (SSSR count). The van der Waals surface area contributed by atoms with E-state index in [1.807, 2.05) is 0 Å². The molecule has 0 saturated heterocycles. The van der Waals surface area contributed by atoms with E-state index in [9.17, 15) is 0 Å². The van der Waals surface area contributed by atoms with Gasteiger partial charge in [-0.15, -0.1) is 0 Å². The highest BCUT2D eigenvalue weighted by molar-refractivity contribution is 5.85. The number of nitrogens with zero attached hydrogens (tertiary/aromatic N) is 3. The van der Waals surface area contributed by atoms with Crippen LogP contribution in [0.5, 0.6) is 0 Å². The predicted molar refractivity (Wildman–Crippen MR) is 95.2 cm³/mol. The average Bonchev–Trinajstić information content (AvgIpc) is 3.11. The summed E-state index contributed by atoms with van der Waals surface area (Å²) in [6, 6.07) is 19.3. The van der Waals surface area contributed by atoms with Crippen molar-refractivity contribution in [1.82, 2.24) is 9.55 Å². The Morgan fingerprint density at radius 3 is 2.71 bits per heavy atom. The number of hydrogen-bond donors (Lipinski definition) is 0. The number of fused-ring (bicyclic) bond motifs is 5. The van der Waals surface area contributed by atoms with E-state index in [0.29, 0.717) is 0 Å². The largest absolute Gasteiger partial charge is 0.295 e. The van der Waals surface area contributed by atoms with Crippen molar-refractivity contribution in [3.63, 3.8) is 0 Å². The molecule has 0 amide bonds. The third kappa shape index (κ3) is 1.72. The van der Waals surface area contributed by atoms with Crippen LogP contribution in [-0.2, 0) is 13.5 Å². The quantitative estimate of drug-likeness (QED) is 0.432. The zero-order valence-electron chi connectivity index (χ0n) is 13.8. The van der Waals surface area contributed by atoms with Crippen LogP contribution in [0.2, 0.25) is 0 Å². The summed E-state index contributed by atoms with van der Waals surface area (Å²) >= 11 is 0. The number of para-hydroxylation sites is 2. The van der Waals surface area contributed by atoms with E-state index in [0.717, 1.165) is 17.8 Å². The fraction of sp³-hybridized carbons (Fsp3) is 0.143. The van der Waals surface area contributed by atoms with Crippen LogP contribution in [0.1, 0.15) is 17.0 Å². The lowest BCUT2D eigenvalue weighted by Gasteiger charge is -2.13. The Morgan fingerprint density at radius 1 is 1.00 bits per heavy atom. The number of hydrogen-bond acceptors (Lipinski definition) is 1. The minimum absolute atomic E-state index is 0.897. The first-order chi connectivity index (χ1) is 11.7. The molecule has 2 aromatic carbocycles. The molecule has 0 N–H and O–H groups in total. The molecule has 3 nitrogen and oxygen atoms in total. The third-order valence-electron chi connectivity index (χ3n) is 4.98. The van der Waals surface area contributed by atoms with Crippen LogP contribution in [0.3, 0.4) is 0 Å². The molecule has 4 aromatic rings. The molecule has 24 heavy (non-hydrogen) atoms. The molecule has 1 aliphatic heterocycles. The normalized spacial score (nSPS) is 12.4. The topological polar surface area (TPSA) is 21.7 Å². The van der Waals surface area contributed by atoms with Gasteiger partial charge in [-0.2, -0.15) is 0 Å². The SMILES string of the molecule is Cc1ccc2c(c1-c1cccc[n+]1C)-n1c(nc3ccccc31)C2. The summed E-state index contributed by atoms with van der Waals surface area (Å²) in [6.07, 6.45) is 3.00. The van der Waals surface area contributed by atoms with Crippen LogP contribution in [0, 0.1) is 6.92 Å². The van der Waals surface area contributed by atoms with Gasteiger partial charge in [0.05, 0.1) is 22.3 Å². The molecule has 0 unspecified atom stereocenters. The number of rotatable bonds is 1. The molecule has 0 bridgehead atoms. The lowest BCUT2D eigenvalue weighted by molar-refractivity contribution is -0.660. The Kier molecular flexibility index (Phi) is 2.69. The summed E-state index contributed by atoms with van der Waals surface area (Å²) < 4.78 is 4.54. The van der Waals surface area contributed by atoms with Gasteiger partial charge >= 0.3 is 0 Å². The van der Waals surface area contributed by atoms with Gasteiger partial charge in [0.1, 0.15) is 12.9 Å². The summed E-state index contributed by atoms with van der Waals surface area (Å²) in [5, 5.41) is 0. The van der Waals surface area contributed by atoms with Gasteiger partial charge in [-0.1, -0.05) is 24.3 Å². The Morgan fingerprint density at radius 2 is 1.83 bits per heavy atom. The van der Waals surface area contributed by atoms with Gasteiger partial charge < -0.3 is 0 Å². The van der Waals surface area contributed by atoms with E-state index in [-0.39, 0.29) is 0 Å². The van der Waals surface area contributed by atoms with E-state index in [1.165, 1.54) is 33.6 Å². The Labute approximate surface area is 140 Å². The molecule has 3 heteroatoms. The van der Waals surface area contributed by atoms with Gasteiger partial charge in [-0.3, -0.25) is 4.57 Å². The van der Waals surface area contributed by atoms with Crippen molar-refractivity contribution in [1.29, 1.82) is 0 Å². The molecule has 0 saturated carbocycles. The van der Waals surface area contributed by atoms with Gasteiger partial charge in [0, 0.05) is 18.6 Å². The van der Waals surface area contributed by atoms with Gasteiger partial charge in [-0.05, 0) is 36.2 Å². The molecule has 0 fully saturated rings. The van der Waals surface area contributed by atoms with Gasteiger partial charge in [-0.25, -0.2) is 9.55 Å². The van der Waals surface area contributed by atoms with Crippen LogP contribution in [-0.4, -0.2) is 9.55 Å². The first-order valence-corrected chi connectivity index (χ1v) is 8.28. The minimum Gasteiger partial charge on any atom is -0.295 e. The highest BCUT2D eigenvalue weighted by Gasteiger charge is 2.28. The maximum Gasteiger partial charge on any atom is 0.214 e. The van der Waals surface area contributed by atoms with Gasteiger partial charge in [0.15, 0.2) is 6.20 Å². The van der Waals surface area contributed by atoms with Crippen LogP contribution in [0.25, 0.3) is 28.0 Å². The standard InChI is InChI=1S/C21H18N3/c1-14-10-11-15-13-19-22-16-7-3-4-8-17(16)24(19)21(15)20(14)18-9-5-6-12-23(18)2/h3-12H,13H2,1-2H3/q+1. The zero-order valence-corrected chi connectivity index (χ0v) is 13.8. The molecule has 2 aromatic heterocycles. The van der Waals surface area contributed by atoms with Crippen molar-refractivity contribution in [3.05, 3.63) is 77.7 Å². The van der Waals surface area contributed by atoms with E-state index in [1.54, 1.807) is 0 Å². The van der Waals surface area contributed by atoms with Gasteiger partial charge in [0.25, 0.3) is 0 Å². The van der Waals surface area contributed by atoms with Crippen molar-refractivity contribution in [2.75, 3.05) is 0 Å². The summed E-state index contributed by atoms with van der Waals surface area (Å²) in [7, 11) is 2.11. The van der Waals surface area contributed by atoms with Crippen molar-refractivity contribution in [3.8, 4) is 16.9 Å². The van der Waals surface area contributed by atoms with Crippen molar-refractivity contribution in [2.45, 2.75) is 13.3 Å². The molecule has 116 valence electrons. The van der Waals surface area contributed by atoms with E-state index >= 15 is 0 Å².